The van der Waals surface area contributed by atoms with Crippen LogP contribution >= 0.6 is 11.8 Å². The Morgan fingerprint density at radius 1 is 1.33 bits per heavy atom. The molecule has 1 aliphatic rings. The van der Waals surface area contributed by atoms with Gasteiger partial charge in [-0.2, -0.15) is 11.8 Å². The summed E-state index contributed by atoms with van der Waals surface area (Å²) in [6, 6.07) is 4.68. The fourth-order valence-electron chi connectivity index (χ4n) is 1.88. The minimum Gasteiger partial charge on any atom is -0.493 e. The van der Waals surface area contributed by atoms with Crippen LogP contribution in [0.3, 0.4) is 0 Å². The highest BCUT2D eigenvalue weighted by Gasteiger charge is 2.18. The molecule has 2 rings (SSSR count). The molecule has 0 aliphatic carbocycles. The third kappa shape index (κ3) is 3.10. The van der Waals surface area contributed by atoms with Crippen molar-refractivity contribution in [2.45, 2.75) is 18.9 Å². The van der Waals surface area contributed by atoms with Gasteiger partial charge in [0.05, 0.1) is 12.7 Å². The molecule has 0 spiro atoms. The normalized spacial score (nSPS) is 16.3. The van der Waals surface area contributed by atoms with Crippen LogP contribution in [-0.4, -0.2) is 35.8 Å². The summed E-state index contributed by atoms with van der Waals surface area (Å²) < 4.78 is 11.1. The Hall–Kier alpha value is -1.36. The van der Waals surface area contributed by atoms with Gasteiger partial charge in [-0.3, -0.25) is 0 Å². The lowest BCUT2D eigenvalue weighted by Gasteiger charge is -2.23. The van der Waals surface area contributed by atoms with Gasteiger partial charge in [-0.1, -0.05) is 0 Å². The van der Waals surface area contributed by atoms with Crippen molar-refractivity contribution in [2.24, 2.45) is 0 Å². The third-order valence-electron chi connectivity index (χ3n) is 2.87. The molecule has 0 radical (unpaired) electrons. The minimum atomic E-state index is -0.957. The molecule has 1 heterocycles. The molecule has 0 aromatic heterocycles. The van der Waals surface area contributed by atoms with Gasteiger partial charge in [0.25, 0.3) is 0 Å². The Kier molecular flexibility index (Phi) is 4.36. The smallest absolute Gasteiger partial charge is 0.335 e. The first-order valence-corrected chi connectivity index (χ1v) is 7.02. The average molecular weight is 268 g/mol. The van der Waals surface area contributed by atoms with Crippen molar-refractivity contribution in [1.82, 2.24) is 0 Å². The maximum Gasteiger partial charge on any atom is 0.335 e. The summed E-state index contributed by atoms with van der Waals surface area (Å²) >= 11 is 1.92. The number of ether oxygens (including phenoxy) is 2. The predicted molar refractivity (Wildman–Crippen MR) is 70.9 cm³/mol. The minimum absolute atomic E-state index is 0.157. The van der Waals surface area contributed by atoms with Crippen molar-refractivity contribution in [3.8, 4) is 11.5 Å². The first-order valence-electron chi connectivity index (χ1n) is 5.86. The molecule has 5 heteroatoms. The van der Waals surface area contributed by atoms with Crippen molar-refractivity contribution < 1.29 is 19.4 Å². The number of carbonyl (C=O) groups is 1. The number of hydrogen-bond acceptors (Lipinski definition) is 4. The molecule has 0 bridgehead atoms. The number of carboxylic acid groups (broad SMARTS) is 1. The summed E-state index contributed by atoms with van der Waals surface area (Å²) in [7, 11) is 1.55. The highest BCUT2D eigenvalue weighted by molar-refractivity contribution is 7.99. The van der Waals surface area contributed by atoms with E-state index in [1.807, 2.05) is 11.8 Å². The Labute approximate surface area is 110 Å². The number of thioether (sulfide) groups is 1. The van der Waals surface area contributed by atoms with Crippen LogP contribution in [-0.2, 0) is 0 Å². The van der Waals surface area contributed by atoms with Crippen LogP contribution in [0.15, 0.2) is 18.2 Å². The van der Waals surface area contributed by atoms with Gasteiger partial charge >= 0.3 is 5.97 Å². The number of hydrogen-bond donors (Lipinski definition) is 1. The van der Waals surface area contributed by atoms with Crippen molar-refractivity contribution in [3.63, 3.8) is 0 Å². The fourth-order valence-corrected chi connectivity index (χ4v) is 2.94. The van der Waals surface area contributed by atoms with Crippen LogP contribution in [0.2, 0.25) is 0 Å². The van der Waals surface area contributed by atoms with E-state index < -0.39 is 5.97 Å². The first kappa shape index (κ1) is 13.1. The first-order chi connectivity index (χ1) is 8.70. The number of aromatic carboxylic acids is 1. The van der Waals surface area contributed by atoms with Crippen LogP contribution in [0.5, 0.6) is 11.5 Å². The van der Waals surface area contributed by atoms with E-state index in [4.69, 9.17) is 14.6 Å². The molecule has 4 nitrogen and oxygen atoms in total. The average Bonchev–Trinajstić information content (AvgIpc) is 2.39. The standard InChI is InChI=1S/C13H16O4S/c1-16-11-3-2-9(13(14)15)8-12(11)17-10-4-6-18-7-5-10/h2-3,8,10H,4-7H2,1H3,(H,14,15). The second kappa shape index (κ2) is 6.00. The lowest BCUT2D eigenvalue weighted by Crippen LogP contribution is -2.22. The molecule has 1 aromatic rings. The number of rotatable bonds is 4. The Morgan fingerprint density at radius 3 is 2.67 bits per heavy atom. The van der Waals surface area contributed by atoms with Gasteiger partial charge in [-0.05, 0) is 42.5 Å². The largest absolute Gasteiger partial charge is 0.493 e. The van der Waals surface area contributed by atoms with Crippen molar-refractivity contribution in [2.75, 3.05) is 18.6 Å². The van der Waals surface area contributed by atoms with Gasteiger partial charge < -0.3 is 14.6 Å². The molecule has 0 atom stereocenters. The van der Waals surface area contributed by atoms with Gasteiger partial charge in [-0.15, -0.1) is 0 Å². The number of benzene rings is 1. The van der Waals surface area contributed by atoms with Crippen LogP contribution < -0.4 is 9.47 Å². The van der Waals surface area contributed by atoms with Crippen LogP contribution in [0.4, 0.5) is 0 Å². The summed E-state index contributed by atoms with van der Waals surface area (Å²) in [5.41, 5.74) is 0.219. The molecule has 1 aromatic carbocycles. The van der Waals surface area contributed by atoms with E-state index in [0.29, 0.717) is 11.5 Å². The van der Waals surface area contributed by atoms with Crippen LogP contribution in [0.1, 0.15) is 23.2 Å². The zero-order chi connectivity index (χ0) is 13.0. The topological polar surface area (TPSA) is 55.8 Å². The summed E-state index contributed by atoms with van der Waals surface area (Å²) in [5, 5.41) is 8.98. The summed E-state index contributed by atoms with van der Waals surface area (Å²) in [4.78, 5) is 10.9. The van der Waals surface area contributed by atoms with Crippen molar-refractivity contribution in [1.29, 1.82) is 0 Å². The monoisotopic (exact) mass is 268 g/mol. The van der Waals surface area contributed by atoms with Crippen LogP contribution in [0.25, 0.3) is 0 Å². The molecule has 0 amide bonds. The highest BCUT2D eigenvalue weighted by Crippen LogP contribution is 2.31. The van der Waals surface area contributed by atoms with E-state index in [2.05, 4.69) is 0 Å². The Morgan fingerprint density at radius 2 is 2.06 bits per heavy atom. The van der Waals surface area contributed by atoms with Gasteiger partial charge in [0, 0.05) is 0 Å². The van der Waals surface area contributed by atoms with Gasteiger partial charge in [0.1, 0.15) is 6.10 Å². The lowest BCUT2D eigenvalue weighted by atomic mass is 10.2. The summed E-state index contributed by atoms with van der Waals surface area (Å²) in [6.07, 6.45) is 2.14. The molecule has 0 saturated carbocycles. The predicted octanol–water partition coefficient (Wildman–Crippen LogP) is 2.67. The zero-order valence-electron chi connectivity index (χ0n) is 10.2. The van der Waals surface area contributed by atoms with Crippen LogP contribution in [0, 0.1) is 0 Å². The van der Waals surface area contributed by atoms with Crippen molar-refractivity contribution in [3.05, 3.63) is 23.8 Å². The SMILES string of the molecule is COc1ccc(C(=O)O)cc1OC1CCSCC1. The molecule has 98 valence electrons. The van der Waals surface area contributed by atoms with Gasteiger partial charge in [0.2, 0.25) is 0 Å². The quantitative estimate of drug-likeness (QED) is 0.909. The van der Waals surface area contributed by atoms with E-state index in [-0.39, 0.29) is 11.7 Å². The van der Waals surface area contributed by atoms with Gasteiger partial charge in [-0.25, -0.2) is 4.79 Å². The summed E-state index contributed by atoms with van der Waals surface area (Å²) in [6.45, 7) is 0. The molecular formula is C13H16O4S. The zero-order valence-corrected chi connectivity index (χ0v) is 11.0. The van der Waals surface area contributed by atoms with Gasteiger partial charge in [0.15, 0.2) is 11.5 Å². The number of carboxylic acids is 1. The lowest BCUT2D eigenvalue weighted by molar-refractivity contribution is 0.0695. The maximum atomic E-state index is 10.9. The maximum absolute atomic E-state index is 10.9. The van der Waals surface area contributed by atoms with E-state index in [0.717, 1.165) is 24.3 Å². The number of methoxy groups -OCH3 is 1. The molecular weight excluding hydrogens is 252 g/mol. The molecule has 0 unspecified atom stereocenters. The molecule has 1 aliphatic heterocycles. The molecule has 18 heavy (non-hydrogen) atoms. The second-order valence-corrected chi connectivity index (χ2v) is 5.33. The molecule has 1 saturated heterocycles. The second-order valence-electron chi connectivity index (χ2n) is 4.10. The third-order valence-corrected chi connectivity index (χ3v) is 3.92. The Bertz CT molecular complexity index is 427. The highest BCUT2D eigenvalue weighted by atomic mass is 32.2. The van der Waals surface area contributed by atoms with E-state index >= 15 is 0 Å². The Balaban J connectivity index is 2.17. The van der Waals surface area contributed by atoms with E-state index in [9.17, 15) is 4.79 Å². The van der Waals surface area contributed by atoms with Crippen molar-refractivity contribution >= 4 is 17.7 Å². The molecule has 1 fully saturated rings. The van der Waals surface area contributed by atoms with E-state index in [1.54, 1.807) is 13.2 Å². The summed E-state index contributed by atoms with van der Waals surface area (Å²) in [5.74, 6) is 2.33. The fraction of sp³-hybridized carbons (Fsp3) is 0.462. The van der Waals surface area contributed by atoms with E-state index in [1.165, 1.54) is 12.1 Å². The molecule has 1 N–H and O–H groups in total.